The summed E-state index contributed by atoms with van der Waals surface area (Å²) in [5.74, 6) is 0.637. The first kappa shape index (κ1) is 17.4. The lowest BCUT2D eigenvalue weighted by Gasteiger charge is -2.03. The summed E-state index contributed by atoms with van der Waals surface area (Å²) in [4.78, 5) is 16.2. The van der Waals surface area contributed by atoms with E-state index in [0.717, 1.165) is 22.3 Å². The summed E-state index contributed by atoms with van der Waals surface area (Å²) in [5.41, 5.74) is 5.41. The number of para-hydroxylation sites is 3. The zero-order valence-corrected chi connectivity index (χ0v) is 14.5. The number of allylic oxidation sites excluding steroid dienone is 1. The van der Waals surface area contributed by atoms with E-state index in [2.05, 4.69) is 15.5 Å². The quantitative estimate of drug-likeness (QED) is 0.526. The van der Waals surface area contributed by atoms with Crippen LogP contribution in [0.4, 0.5) is 0 Å². The van der Waals surface area contributed by atoms with Gasteiger partial charge in [0.15, 0.2) is 0 Å². The largest absolute Gasteiger partial charge is 0.496 e. The van der Waals surface area contributed by atoms with E-state index in [-0.39, 0.29) is 5.91 Å². The van der Waals surface area contributed by atoms with E-state index in [1.807, 2.05) is 59.2 Å². The van der Waals surface area contributed by atoms with Crippen LogP contribution in [0.15, 0.2) is 66.0 Å². The minimum Gasteiger partial charge on any atom is -0.496 e. The van der Waals surface area contributed by atoms with Crippen molar-refractivity contribution in [1.29, 1.82) is 0 Å². The highest BCUT2D eigenvalue weighted by atomic mass is 16.5. The molecule has 0 unspecified atom stereocenters. The summed E-state index contributed by atoms with van der Waals surface area (Å²) < 4.78 is 7.22. The highest BCUT2D eigenvalue weighted by molar-refractivity contribution is 5.82. The van der Waals surface area contributed by atoms with Gasteiger partial charge in [-0.1, -0.05) is 30.3 Å². The average molecular weight is 348 g/mol. The lowest BCUT2D eigenvalue weighted by atomic mass is 10.2. The Labute approximate surface area is 151 Å². The maximum Gasteiger partial charge on any atom is 0.241 e. The molecular formula is C20H20N4O2. The highest BCUT2D eigenvalue weighted by Gasteiger charge is 2.04. The van der Waals surface area contributed by atoms with Crippen molar-refractivity contribution in [2.24, 2.45) is 5.10 Å². The average Bonchev–Trinajstić information content (AvgIpc) is 3.09. The molecule has 0 bridgehead atoms. The molecular weight excluding hydrogens is 328 g/mol. The molecule has 0 fully saturated rings. The molecule has 1 amide bonds. The van der Waals surface area contributed by atoms with E-state index in [4.69, 9.17) is 4.74 Å². The summed E-state index contributed by atoms with van der Waals surface area (Å²) in [6, 6.07) is 15.5. The first-order chi connectivity index (χ1) is 12.8. The number of aromatic nitrogens is 2. The molecule has 0 atom stereocenters. The third kappa shape index (κ3) is 4.36. The Morgan fingerprint density at radius 3 is 2.92 bits per heavy atom. The van der Waals surface area contributed by atoms with E-state index < -0.39 is 0 Å². The molecule has 0 saturated heterocycles. The number of nitrogens with zero attached hydrogens (tertiary/aromatic N) is 3. The number of benzene rings is 2. The smallest absolute Gasteiger partial charge is 0.241 e. The number of hydrogen-bond acceptors (Lipinski definition) is 4. The molecule has 0 aliphatic heterocycles. The Hall–Kier alpha value is -3.41. The number of carbonyl (C=O) groups excluding carboxylic acids is 1. The fourth-order valence-corrected chi connectivity index (χ4v) is 2.57. The molecule has 3 aromatic rings. The van der Waals surface area contributed by atoms with E-state index in [0.29, 0.717) is 13.0 Å². The zero-order valence-electron chi connectivity index (χ0n) is 14.5. The van der Waals surface area contributed by atoms with Crippen LogP contribution in [0.5, 0.6) is 5.75 Å². The molecule has 0 aliphatic rings. The van der Waals surface area contributed by atoms with E-state index in [1.54, 1.807) is 19.5 Å². The molecule has 1 aromatic heterocycles. The van der Waals surface area contributed by atoms with Gasteiger partial charge in [0.05, 0.1) is 24.5 Å². The predicted octanol–water partition coefficient (Wildman–Crippen LogP) is 3.25. The Morgan fingerprint density at radius 1 is 1.23 bits per heavy atom. The van der Waals surface area contributed by atoms with Crippen LogP contribution >= 0.6 is 0 Å². The lowest BCUT2D eigenvalue weighted by Crippen LogP contribution is -2.18. The number of ether oxygens (including phenoxy) is 1. The molecule has 6 nitrogen and oxygen atoms in total. The molecule has 1 heterocycles. The van der Waals surface area contributed by atoms with Crippen LogP contribution < -0.4 is 10.2 Å². The number of nitrogens with one attached hydrogen (secondary N) is 1. The van der Waals surface area contributed by atoms with Crippen molar-refractivity contribution < 1.29 is 9.53 Å². The minimum absolute atomic E-state index is 0.148. The SMILES string of the molecule is COc1ccccc1/C=C/C=NNC(=O)CCn1cnc2ccccc21. The fourth-order valence-electron chi connectivity index (χ4n) is 2.57. The second-order valence-electron chi connectivity index (χ2n) is 5.59. The maximum atomic E-state index is 11.9. The molecule has 3 rings (SSSR count). The monoisotopic (exact) mass is 348 g/mol. The summed E-state index contributed by atoms with van der Waals surface area (Å²) in [6.45, 7) is 0.554. The molecule has 1 N–H and O–H groups in total. The number of rotatable bonds is 7. The van der Waals surface area contributed by atoms with E-state index in [1.165, 1.54) is 6.21 Å². The number of methoxy groups -OCH3 is 1. The Kier molecular flexibility index (Phi) is 5.77. The molecule has 2 aromatic carbocycles. The third-order valence-electron chi connectivity index (χ3n) is 3.87. The lowest BCUT2D eigenvalue weighted by molar-refractivity contribution is -0.121. The minimum atomic E-state index is -0.148. The first-order valence-electron chi connectivity index (χ1n) is 8.29. The number of imidazole rings is 1. The van der Waals surface area contributed by atoms with Gasteiger partial charge < -0.3 is 9.30 Å². The molecule has 26 heavy (non-hydrogen) atoms. The summed E-state index contributed by atoms with van der Waals surface area (Å²) >= 11 is 0. The van der Waals surface area contributed by atoms with E-state index in [9.17, 15) is 4.79 Å². The summed E-state index contributed by atoms with van der Waals surface area (Å²) in [6.07, 6.45) is 7.23. The summed E-state index contributed by atoms with van der Waals surface area (Å²) in [7, 11) is 1.63. The van der Waals surface area contributed by atoms with Crippen LogP contribution in [-0.4, -0.2) is 28.8 Å². The number of aryl methyl sites for hydroxylation is 1. The maximum absolute atomic E-state index is 11.9. The Balaban J connectivity index is 1.48. The van der Waals surface area contributed by atoms with Gasteiger partial charge in [0, 0.05) is 24.7 Å². The fraction of sp³-hybridized carbons (Fsp3) is 0.150. The molecule has 0 saturated carbocycles. The standard InChI is InChI=1S/C20H20N4O2/c1-26-19-11-5-2-7-16(19)8-6-13-22-23-20(25)12-14-24-15-21-17-9-3-4-10-18(17)24/h2-11,13,15H,12,14H2,1H3,(H,23,25)/b8-6+,22-13?. The van der Waals surface area contributed by atoms with Crippen LogP contribution in [0.1, 0.15) is 12.0 Å². The summed E-state index contributed by atoms with van der Waals surface area (Å²) in [5, 5.41) is 3.93. The van der Waals surface area contributed by atoms with Gasteiger partial charge in [0.25, 0.3) is 0 Å². The number of hydrazone groups is 1. The van der Waals surface area contributed by atoms with Gasteiger partial charge in [0.2, 0.25) is 5.91 Å². The normalized spacial score (nSPS) is 11.4. The number of hydrogen-bond donors (Lipinski definition) is 1. The van der Waals surface area contributed by atoms with Gasteiger partial charge in [-0.15, -0.1) is 0 Å². The van der Waals surface area contributed by atoms with Gasteiger partial charge in [-0.3, -0.25) is 4.79 Å². The van der Waals surface area contributed by atoms with Crippen molar-refractivity contribution in [3.05, 3.63) is 66.5 Å². The van der Waals surface area contributed by atoms with Crippen LogP contribution in [0, 0.1) is 0 Å². The van der Waals surface area contributed by atoms with Gasteiger partial charge in [-0.05, 0) is 30.4 Å². The van der Waals surface area contributed by atoms with Crippen LogP contribution in [0.3, 0.4) is 0 Å². The second-order valence-corrected chi connectivity index (χ2v) is 5.59. The second kappa shape index (κ2) is 8.62. The van der Waals surface area contributed by atoms with Crippen molar-refractivity contribution in [2.75, 3.05) is 7.11 Å². The van der Waals surface area contributed by atoms with Crippen LogP contribution in [0.2, 0.25) is 0 Å². The van der Waals surface area contributed by atoms with Crippen molar-refractivity contribution >= 4 is 29.2 Å². The van der Waals surface area contributed by atoms with Gasteiger partial charge >= 0.3 is 0 Å². The Bertz CT molecular complexity index is 944. The molecule has 0 radical (unpaired) electrons. The predicted molar refractivity (Wildman–Crippen MR) is 103 cm³/mol. The van der Waals surface area contributed by atoms with Crippen molar-refractivity contribution in [3.8, 4) is 5.75 Å². The Morgan fingerprint density at radius 2 is 2.04 bits per heavy atom. The van der Waals surface area contributed by atoms with Gasteiger partial charge in [-0.25, -0.2) is 10.4 Å². The van der Waals surface area contributed by atoms with Crippen molar-refractivity contribution in [2.45, 2.75) is 13.0 Å². The van der Waals surface area contributed by atoms with Gasteiger partial charge in [0.1, 0.15) is 5.75 Å². The topological polar surface area (TPSA) is 68.5 Å². The number of amides is 1. The highest BCUT2D eigenvalue weighted by Crippen LogP contribution is 2.18. The van der Waals surface area contributed by atoms with Crippen molar-refractivity contribution in [3.63, 3.8) is 0 Å². The number of carbonyl (C=O) groups is 1. The molecule has 132 valence electrons. The van der Waals surface area contributed by atoms with Gasteiger partial charge in [-0.2, -0.15) is 5.10 Å². The van der Waals surface area contributed by atoms with E-state index >= 15 is 0 Å². The molecule has 6 heteroatoms. The third-order valence-corrected chi connectivity index (χ3v) is 3.87. The molecule has 0 aliphatic carbocycles. The molecule has 0 spiro atoms. The number of fused-ring (bicyclic) bond motifs is 1. The zero-order chi connectivity index (χ0) is 18.2. The van der Waals surface area contributed by atoms with Crippen LogP contribution in [0.25, 0.3) is 17.1 Å². The first-order valence-corrected chi connectivity index (χ1v) is 8.29. The van der Waals surface area contributed by atoms with Crippen LogP contribution in [-0.2, 0) is 11.3 Å². The van der Waals surface area contributed by atoms with Crippen molar-refractivity contribution in [1.82, 2.24) is 15.0 Å².